The number of benzene rings is 2. The highest BCUT2D eigenvalue weighted by Gasteiger charge is 2.27. The summed E-state index contributed by atoms with van der Waals surface area (Å²) in [6.07, 6.45) is 4.13. The summed E-state index contributed by atoms with van der Waals surface area (Å²) in [6.45, 7) is 1.32. The summed E-state index contributed by atoms with van der Waals surface area (Å²) in [5, 5.41) is 0.737. The third-order valence-electron chi connectivity index (χ3n) is 4.49. The number of rotatable bonds is 5. The number of hydrogen-bond acceptors (Lipinski definition) is 5. The van der Waals surface area contributed by atoms with E-state index in [0.717, 1.165) is 39.7 Å². The van der Waals surface area contributed by atoms with Gasteiger partial charge in [-0.1, -0.05) is 29.5 Å². The van der Waals surface area contributed by atoms with Gasteiger partial charge >= 0.3 is 0 Å². The van der Waals surface area contributed by atoms with Gasteiger partial charge in [-0.25, -0.2) is 4.98 Å². The normalized spacial score (nSPS) is 16.9. The number of para-hydroxylation sites is 1. The molecule has 1 aliphatic rings. The molecule has 6 heteroatoms. The van der Waals surface area contributed by atoms with Crippen LogP contribution in [0.1, 0.15) is 23.2 Å². The number of thiazole rings is 1. The highest BCUT2D eigenvalue weighted by atomic mass is 32.2. The van der Waals surface area contributed by atoms with Crippen LogP contribution in [0.25, 0.3) is 10.2 Å². The van der Waals surface area contributed by atoms with E-state index in [1.165, 1.54) is 0 Å². The monoisotopic (exact) mass is 384 g/mol. The van der Waals surface area contributed by atoms with Gasteiger partial charge in [-0.2, -0.15) is 0 Å². The van der Waals surface area contributed by atoms with Crippen LogP contribution in [-0.4, -0.2) is 36.4 Å². The Labute approximate surface area is 161 Å². The number of fused-ring (bicyclic) bond motifs is 1. The Bertz CT molecular complexity index is 886. The minimum atomic E-state index is -0.0181. The number of hydrogen-bond donors (Lipinski definition) is 0. The molecule has 0 aliphatic carbocycles. The van der Waals surface area contributed by atoms with Crippen molar-refractivity contribution in [1.82, 2.24) is 4.98 Å². The molecule has 4 nitrogen and oxygen atoms in total. The van der Waals surface area contributed by atoms with Gasteiger partial charge < -0.3 is 4.74 Å². The first-order valence-electron chi connectivity index (χ1n) is 8.67. The average Bonchev–Trinajstić information content (AvgIpc) is 3.34. The molecule has 134 valence electrons. The van der Waals surface area contributed by atoms with Gasteiger partial charge in [0.1, 0.15) is 0 Å². The topological polar surface area (TPSA) is 42.4 Å². The summed E-state index contributed by atoms with van der Waals surface area (Å²) >= 11 is 3.19. The predicted molar refractivity (Wildman–Crippen MR) is 108 cm³/mol. The van der Waals surface area contributed by atoms with Gasteiger partial charge in [-0.3, -0.25) is 9.69 Å². The zero-order valence-electron chi connectivity index (χ0n) is 14.6. The second-order valence-electron chi connectivity index (χ2n) is 6.25. The lowest BCUT2D eigenvalue weighted by Gasteiger charge is -2.23. The van der Waals surface area contributed by atoms with Crippen molar-refractivity contribution in [1.29, 1.82) is 0 Å². The van der Waals surface area contributed by atoms with Crippen LogP contribution in [0.2, 0.25) is 0 Å². The van der Waals surface area contributed by atoms with Gasteiger partial charge in [0.2, 0.25) is 0 Å². The first kappa shape index (κ1) is 17.5. The molecule has 1 aliphatic heterocycles. The number of amides is 1. The smallest absolute Gasteiger partial charge is 0.260 e. The lowest BCUT2D eigenvalue weighted by atomic mass is 10.2. The van der Waals surface area contributed by atoms with Crippen molar-refractivity contribution in [2.45, 2.75) is 23.8 Å². The quantitative estimate of drug-likeness (QED) is 0.590. The second kappa shape index (κ2) is 7.78. The van der Waals surface area contributed by atoms with Crippen LogP contribution in [0.5, 0.6) is 0 Å². The van der Waals surface area contributed by atoms with Crippen LogP contribution >= 0.6 is 23.1 Å². The highest BCUT2D eigenvalue weighted by Crippen LogP contribution is 2.31. The van der Waals surface area contributed by atoms with Crippen LogP contribution < -0.4 is 4.90 Å². The van der Waals surface area contributed by atoms with Crippen molar-refractivity contribution >= 4 is 44.4 Å². The van der Waals surface area contributed by atoms with Gasteiger partial charge in [0, 0.05) is 17.1 Å². The lowest BCUT2D eigenvalue weighted by molar-refractivity contribution is 0.0917. The Hall–Kier alpha value is -1.89. The zero-order chi connectivity index (χ0) is 17.9. The molecule has 1 aromatic heterocycles. The van der Waals surface area contributed by atoms with E-state index in [-0.39, 0.29) is 12.0 Å². The number of aromatic nitrogens is 1. The molecule has 3 aromatic rings. The third kappa shape index (κ3) is 3.63. The fraction of sp³-hybridized carbons (Fsp3) is 0.300. The molecule has 1 atom stereocenters. The van der Waals surface area contributed by atoms with E-state index in [9.17, 15) is 4.79 Å². The Morgan fingerprint density at radius 2 is 2.19 bits per heavy atom. The molecule has 0 N–H and O–H groups in total. The Kier molecular flexibility index (Phi) is 5.24. The van der Waals surface area contributed by atoms with Gasteiger partial charge in [0.25, 0.3) is 5.91 Å². The average molecular weight is 385 g/mol. The number of carbonyl (C=O) groups is 1. The van der Waals surface area contributed by atoms with E-state index in [2.05, 4.69) is 0 Å². The molecule has 26 heavy (non-hydrogen) atoms. The lowest BCUT2D eigenvalue weighted by Crippen LogP contribution is -2.37. The maximum Gasteiger partial charge on any atom is 0.260 e. The molecular formula is C20H20N2O2S2. The van der Waals surface area contributed by atoms with Gasteiger partial charge in [0.05, 0.1) is 22.9 Å². The summed E-state index contributed by atoms with van der Waals surface area (Å²) in [5.74, 6) is -0.0181. The maximum atomic E-state index is 13.3. The molecule has 4 rings (SSSR count). The minimum absolute atomic E-state index is 0.0181. The van der Waals surface area contributed by atoms with Crippen LogP contribution in [-0.2, 0) is 4.74 Å². The highest BCUT2D eigenvalue weighted by molar-refractivity contribution is 7.98. The fourth-order valence-electron chi connectivity index (χ4n) is 3.13. The van der Waals surface area contributed by atoms with Crippen molar-refractivity contribution in [3.05, 3.63) is 54.1 Å². The van der Waals surface area contributed by atoms with Crippen LogP contribution in [0.15, 0.2) is 53.4 Å². The Morgan fingerprint density at radius 3 is 2.96 bits per heavy atom. The summed E-state index contributed by atoms with van der Waals surface area (Å²) in [6, 6.07) is 15.8. The number of anilines is 1. The van der Waals surface area contributed by atoms with Crippen LogP contribution in [0, 0.1) is 0 Å². The van der Waals surface area contributed by atoms with E-state index in [4.69, 9.17) is 9.72 Å². The molecule has 0 spiro atoms. The molecule has 1 fully saturated rings. The molecule has 0 saturated carbocycles. The van der Waals surface area contributed by atoms with Crippen molar-refractivity contribution in [3.8, 4) is 0 Å². The molecule has 0 bridgehead atoms. The SMILES string of the molecule is CSc1cccc(C(=O)N(CC2CCCO2)c2nc3ccccc3s2)c1. The summed E-state index contributed by atoms with van der Waals surface area (Å²) in [7, 11) is 0. The first-order chi connectivity index (χ1) is 12.7. The summed E-state index contributed by atoms with van der Waals surface area (Å²) in [5.41, 5.74) is 1.62. The standard InChI is InChI=1S/C20H20N2O2S2/c1-25-16-8-4-6-14(12-16)19(23)22(13-15-7-5-11-24-15)20-21-17-9-2-3-10-18(17)26-20/h2-4,6,8-10,12,15H,5,7,11,13H2,1H3. The fourth-order valence-corrected chi connectivity index (χ4v) is 4.56. The number of carbonyl (C=O) groups excluding carboxylic acids is 1. The first-order valence-corrected chi connectivity index (χ1v) is 10.7. The molecule has 1 unspecified atom stereocenters. The predicted octanol–water partition coefficient (Wildman–Crippen LogP) is 4.84. The van der Waals surface area contributed by atoms with Gasteiger partial charge in [0.15, 0.2) is 5.13 Å². The molecule has 1 amide bonds. The van der Waals surface area contributed by atoms with Crippen molar-refractivity contribution < 1.29 is 9.53 Å². The van der Waals surface area contributed by atoms with Crippen LogP contribution in [0.4, 0.5) is 5.13 Å². The molecule has 2 aromatic carbocycles. The summed E-state index contributed by atoms with van der Waals surface area (Å²) in [4.78, 5) is 20.9. The minimum Gasteiger partial charge on any atom is -0.376 e. The van der Waals surface area contributed by atoms with E-state index in [0.29, 0.717) is 12.1 Å². The second-order valence-corrected chi connectivity index (χ2v) is 8.14. The Balaban J connectivity index is 1.70. The molecule has 0 radical (unpaired) electrons. The number of ether oxygens (including phenoxy) is 1. The van der Waals surface area contributed by atoms with Crippen LogP contribution in [0.3, 0.4) is 0 Å². The zero-order valence-corrected chi connectivity index (χ0v) is 16.2. The van der Waals surface area contributed by atoms with Crippen molar-refractivity contribution in [3.63, 3.8) is 0 Å². The number of nitrogens with zero attached hydrogens (tertiary/aromatic N) is 2. The molecular weight excluding hydrogens is 364 g/mol. The maximum absolute atomic E-state index is 13.3. The van der Waals surface area contributed by atoms with E-state index >= 15 is 0 Å². The molecule has 2 heterocycles. The number of thioether (sulfide) groups is 1. The van der Waals surface area contributed by atoms with E-state index in [1.807, 2.05) is 54.8 Å². The van der Waals surface area contributed by atoms with Gasteiger partial charge in [-0.15, -0.1) is 11.8 Å². The van der Waals surface area contributed by atoms with Crippen molar-refractivity contribution in [2.75, 3.05) is 24.3 Å². The summed E-state index contributed by atoms with van der Waals surface area (Å²) < 4.78 is 6.88. The third-order valence-corrected chi connectivity index (χ3v) is 6.27. The van der Waals surface area contributed by atoms with Crippen molar-refractivity contribution in [2.24, 2.45) is 0 Å². The Morgan fingerprint density at radius 1 is 1.31 bits per heavy atom. The van der Waals surface area contributed by atoms with Gasteiger partial charge in [-0.05, 0) is 49.4 Å². The largest absolute Gasteiger partial charge is 0.376 e. The van der Waals surface area contributed by atoms with E-state index in [1.54, 1.807) is 28.0 Å². The van der Waals surface area contributed by atoms with E-state index < -0.39 is 0 Å². The molecule has 1 saturated heterocycles.